The Hall–Kier alpha value is -2.85. The van der Waals surface area contributed by atoms with Crippen molar-refractivity contribution >= 4 is 28.9 Å². The highest BCUT2D eigenvalue weighted by atomic mass is 35.5. The summed E-state index contributed by atoms with van der Waals surface area (Å²) in [5.74, 6) is 1.75. The summed E-state index contributed by atoms with van der Waals surface area (Å²) in [6, 6.07) is 5.06. The first-order valence-corrected chi connectivity index (χ1v) is 14.0. The lowest BCUT2D eigenvalue weighted by Gasteiger charge is -2.40. The third kappa shape index (κ3) is 6.89. The Bertz CT molecular complexity index is 1300. The van der Waals surface area contributed by atoms with E-state index in [1.807, 2.05) is 20.0 Å². The van der Waals surface area contributed by atoms with Crippen molar-refractivity contribution in [2.75, 3.05) is 36.4 Å². The standard InChI is InChI=1S/C29H37ClF4N6/c1-17(2)18(3)23-13-36-38-28(23)40(11-9-21-7-6-8-24(30)26(21)31)25-14-35-27(20(5)19(25)4)37-22-15-39(16-22)12-10-29(32,33)34/h6-8,13-14,17-18,22H,9-12,15-16H2,1-5H3,(H,35,37)(H,36,38). The van der Waals surface area contributed by atoms with Gasteiger partial charge in [0.1, 0.15) is 17.5 Å². The molecule has 0 saturated carbocycles. The summed E-state index contributed by atoms with van der Waals surface area (Å²) in [5.41, 5.74) is 4.40. The summed E-state index contributed by atoms with van der Waals surface area (Å²) in [7, 11) is 0. The third-order valence-corrected chi connectivity index (χ3v) is 8.25. The average Bonchev–Trinajstić information content (AvgIpc) is 3.35. The van der Waals surface area contributed by atoms with Crippen molar-refractivity contribution in [3.8, 4) is 0 Å². The Morgan fingerprint density at radius 2 is 1.88 bits per heavy atom. The van der Waals surface area contributed by atoms with Gasteiger partial charge < -0.3 is 10.2 Å². The minimum Gasteiger partial charge on any atom is -0.365 e. The molecule has 1 atom stereocenters. The molecule has 11 heteroatoms. The molecule has 1 aromatic carbocycles. The van der Waals surface area contributed by atoms with Crippen LogP contribution in [0.3, 0.4) is 0 Å². The predicted molar refractivity (Wildman–Crippen MR) is 152 cm³/mol. The van der Waals surface area contributed by atoms with Gasteiger partial charge in [-0.1, -0.05) is 44.5 Å². The Kier molecular flexibility index (Phi) is 9.29. The molecule has 218 valence electrons. The summed E-state index contributed by atoms with van der Waals surface area (Å²) >= 11 is 6.04. The second-order valence-electron chi connectivity index (χ2n) is 11.0. The number of nitrogens with zero attached hydrogens (tertiary/aromatic N) is 4. The predicted octanol–water partition coefficient (Wildman–Crippen LogP) is 7.40. The topological polar surface area (TPSA) is 60.1 Å². The van der Waals surface area contributed by atoms with E-state index in [2.05, 4.69) is 41.2 Å². The van der Waals surface area contributed by atoms with Gasteiger partial charge in [-0.25, -0.2) is 9.37 Å². The molecule has 1 aliphatic heterocycles. The number of aromatic nitrogens is 3. The number of nitrogens with one attached hydrogen (secondary N) is 2. The summed E-state index contributed by atoms with van der Waals surface area (Å²) < 4.78 is 52.3. The fourth-order valence-corrected chi connectivity index (χ4v) is 5.15. The highest BCUT2D eigenvalue weighted by Gasteiger charge is 2.33. The van der Waals surface area contributed by atoms with Crippen LogP contribution in [0.4, 0.5) is 34.9 Å². The zero-order chi connectivity index (χ0) is 29.2. The molecule has 0 bridgehead atoms. The number of benzene rings is 1. The molecule has 1 unspecified atom stereocenters. The lowest BCUT2D eigenvalue weighted by Crippen LogP contribution is -2.55. The highest BCUT2D eigenvalue weighted by molar-refractivity contribution is 6.30. The van der Waals surface area contributed by atoms with Crippen molar-refractivity contribution in [2.45, 2.75) is 65.6 Å². The van der Waals surface area contributed by atoms with Gasteiger partial charge in [-0.15, -0.1) is 0 Å². The largest absolute Gasteiger partial charge is 0.390 e. The number of H-pyrrole nitrogens is 1. The molecule has 1 aliphatic rings. The van der Waals surface area contributed by atoms with E-state index in [9.17, 15) is 17.6 Å². The number of rotatable bonds is 11. The van der Waals surface area contributed by atoms with Crippen molar-refractivity contribution in [3.05, 3.63) is 63.7 Å². The molecule has 2 N–H and O–H groups in total. The molecule has 40 heavy (non-hydrogen) atoms. The molecule has 3 aromatic rings. The maximum Gasteiger partial charge on any atom is 0.390 e. The number of hydrogen-bond acceptors (Lipinski definition) is 5. The Morgan fingerprint density at radius 1 is 1.15 bits per heavy atom. The van der Waals surface area contributed by atoms with Gasteiger partial charge in [-0.05, 0) is 54.9 Å². The molecule has 0 spiro atoms. The lowest BCUT2D eigenvalue weighted by molar-refractivity contribution is -0.139. The van der Waals surface area contributed by atoms with E-state index in [0.717, 1.165) is 28.2 Å². The number of likely N-dealkylation sites (tertiary alicyclic amines) is 1. The van der Waals surface area contributed by atoms with Gasteiger partial charge in [-0.2, -0.15) is 18.3 Å². The van der Waals surface area contributed by atoms with Gasteiger partial charge in [0.25, 0.3) is 0 Å². The number of halogens is 5. The first kappa shape index (κ1) is 30.1. The van der Waals surface area contributed by atoms with Crippen molar-refractivity contribution in [1.29, 1.82) is 0 Å². The maximum atomic E-state index is 14.8. The number of anilines is 3. The average molecular weight is 581 g/mol. The second kappa shape index (κ2) is 12.3. The van der Waals surface area contributed by atoms with Crippen molar-refractivity contribution in [1.82, 2.24) is 20.1 Å². The number of alkyl halides is 3. The van der Waals surface area contributed by atoms with E-state index in [0.29, 0.717) is 43.4 Å². The molecule has 6 nitrogen and oxygen atoms in total. The summed E-state index contributed by atoms with van der Waals surface area (Å²) in [6.07, 6.45) is -0.890. The third-order valence-electron chi connectivity index (χ3n) is 7.96. The van der Waals surface area contributed by atoms with Gasteiger partial charge in [0, 0.05) is 31.7 Å². The van der Waals surface area contributed by atoms with E-state index < -0.39 is 18.4 Å². The Balaban J connectivity index is 1.57. The van der Waals surface area contributed by atoms with Gasteiger partial charge in [0.2, 0.25) is 0 Å². The molecule has 0 aliphatic carbocycles. The van der Waals surface area contributed by atoms with E-state index in [4.69, 9.17) is 16.6 Å². The van der Waals surface area contributed by atoms with Crippen LogP contribution >= 0.6 is 11.6 Å². The molecular weight excluding hydrogens is 544 g/mol. The van der Waals surface area contributed by atoms with Crippen LogP contribution < -0.4 is 10.2 Å². The minimum atomic E-state index is -4.14. The SMILES string of the molecule is Cc1c(N(CCc2cccc(Cl)c2F)c2[nH]ncc2C(C)C(C)C)cnc(NC2CN(CCC(F)(F)F)C2)c1C. The van der Waals surface area contributed by atoms with Crippen molar-refractivity contribution in [3.63, 3.8) is 0 Å². The minimum absolute atomic E-state index is 0.00948. The molecule has 0 radical (unpaired) electrons. The van der Waals surface area contributed by atoms with Crippen LogP contribution in [0.1, 0.15) is 55.4 Å². The molecule has 2 aromatic heterocycles. The van der Waals surface area contributed by atoms with E-state index in [-0.39, 0.29) is 23.5 Å². The van der Waals surface area contributed by atoms with Crippen LogP contribution in [0.25, 0.3) is 0 Å². The van der Waals surface area contributed by atoms with Crippen molar-refractivity contribution in [2.24, 2.45) is 5.92 Å². The van der Waals surface area contributed by atoms with Crippen LogP contribution in [-0.2, 0) is 6.42 Å². The fraction of sp³-hybridized carbons (Fsp3) is 0.517. The van der Waals surface area contributed by atoms with Gasteiger partial charge in [0.05, 0.1) is 35.6 Å². The van der Waals surface area contributed by atoms with Crippen LogP contribution in [-0.4, -0.2) is 58.5 Å². The monoisotopic (exact) mass is 580 g/mol. The fourth-order valence-electron chi connectivity index (χ4n) is 4.95. The van der Waals surface area contributed by atoms with Crippen LogP contribution in [0, 0.1) is 25.6 Å². The van der Waals surface area contributed by atoms with Gasteiger partial charge in [-0.3, -0.25) is 10.00 Å². The van der Waals surface area contributed by atoms with Crippen LogP contribution in [0.5, 0.6) is 0 Å². The lowest BCUT2D eigenvalue weighted by atomic mass is 9.91. The first-order valence-electron chi connectivity index (χ1n) is 13.6. The molecular formula is C29H37ClF4N6. The summed E-state index contributed by atoms with van der Waals surface area (Å²) in [6.45, 7) is 12.0. The molecule has 1 saturated heterocycles. The zero-order valence-corrected chi connectivity index (χ0v) is 24.3. The van der Waals surface area contributed by atoms with E-state index >= 15 is 0 Å². The van der Waals surface area contributed by atoms with Gasteiger partial charge >= 0.3 is 6.18 Å². The number of aromatic amines is 1. The first-order chi connectivity index (χ1) is 18.9. The Morgan fingerprint density at radius 3 is 2.55 bits per heavy atom. The maximum absolute atomic E-state index is 14.8. The molecule has 3 heterocycles. The van der Waals surface area contributed by atoms with E-state index in [1.54, 1.807) is 23.2 Å². The van der Waals surface area contributed by atoms with E-state index in [1.165, 1.54) is 6.07 Å². The van der Waals surface area contributed by atoms with Crippen LogP contribution in [0.2, 0.25) is 5.02 Å². The number of hydrogen-bond donors (Lipinski definition) is 2. The number of pyridine rings is 1. The summed E-state index contributed by atoms with van der Waals surface area (Å²) in [5, 5.41) is 11.0. The molecule has 4 rings (SSSR count). The normalized spacial score (nSPS) is 15.4. The molecule has 0 amide bonds. The highest BCUT2D eigenvalue weighted by Crippen LogP contribution is 2.37. The van der Waals surface area contributed by atoms with Crippen LogP contribution in [0.15, 0.2) is 30.6 Å². The van der Waals surface area contributed by atoms with Crippen molar-refractivity contribution < 1.29 is 17.6 Å². The Labute approximate surface area is 238 Å². The summed E-state index contributed by atoms with van der Waals surface area (Å²) in [4.78, 5) is 8.60. The zero-order valence-electron chi connectivity index (χ0n) is 23.5. The molecule has 1 fully saturated rings. The quantitative estimate of drug-likeness (QED) is 0.231. The smallest absolute Gasteiger partial charge is 0.365 e. The van der Waals surface area contributed by atoms with Gasteiger partial charge in [0.15, 0.2) is 0 Å². The second-order valence-corrected chi connectivity index (χ2v) is 11.4.